The summed E-state index contributed by atoms with van der Waals surface area (Å²) in [6.07, 6.45) is 3.64. The van der Waals surface area contributed by atoms with Crippen LogP contribution in [0.4, 0.5) is 0 Å². The predicted molar refractivity (Wildman–Crippen MR) is 142 cm³/mol. The number of amides is 1. The van der Waals surface area contributed by atoms with Crippen molar-refractivity contribution in [3.63, 3.8) is 0 Å². The van der Waals surface area contributed by atoms with Crippen molar-refractivity contribution in [1.29, 1.82) is 0 Å². The number of rotatable bonds is 12. The molecule has 0 spiro atoms. The molecule has 3 aromatic rings. The van der Waals surface area contributed by atoms with Gasteiger partial charge in [0.25, 0.3) is 0 Å². The molecule has 36 heavy (non-hydrogen) atoms. The number of nitrogens with one attached hydrogen (secondary N) is 2. The van der Waals surface area contributed by atoms with Gasteiger partial charge in [0.05, 0.1) is 20.3 Å². The van der Waals surface area contributed by atoms with Gasteiger partial charge in [0.15, 0.2) is 0 Å². The average molecular weight is 489 g/mol. The first kappa shape index (κ1) is 25.7. The second kappa shape index (κ2) is 12.6. The summed E-state index contributed by atoms with van der Waals surface area (Å²) in [7, 11) is 3.34. The molecule has 2 N–H and O–H groups in total. The van der Waals surface area contributed by atoms with Crippen molar-refractivity contribution in [2.75, 3.05) is 33.9 Å². The number of hydrogen-bond acceptors (Lipinski definition) is 5. The Balaban J connectivity index is 1.55. The lowest BCUT2D eigenvalue weighted by atomic mass is 9.80. The third-order valence-corrected chi connectivity index (χ3v) is 6.74. The summed E-state index contributed by atoms with van der Waals surface area (Å²) >= 11 is 0. The minimum absolute atomic E-state index is 0.0443. The Morgan fingerprint density at radius 2 is 1.44 bits per heavy atom. The Hall–Kier alpha value is -3.35. The third kappa shape index (κ3) is 5.89. The Morgan fingerprint density at radius 3 is 1.97 bits per heavy atom. The van der Waals surface area contributed by atoms with E-state index in [0.717, 1.165) is 60.4 Å². The molecule has 0 aromatic heterocycles. The van der Waals surface area contributed by atoms with Gasteiger partial charge in [-0.15, -0.1) is 0 Å². The van der Waals surface area contributed by atoms with Crippen LogP contribution in [-0.4, -0.2) is 45.9 Å². The first-order valence-electron chi connectivity index (χ1n) is 12.7. The molecule has 0 unspecified atom stereocenters. The fraction of sp³-hybridized carbons (Fsp3) is 0.367. The van der Waals surface area contributed by atoms with Gasteiger partial charge >= 0.3 is 0 Å². The Labute approximate surface area is 214 Å². The van der Waals surface area contributed by atoms with Crippen LogP contribution in [0.25, 0.3) is 0 Å². The molecule has 1 aliphatic rings. The van der Waals surface area contributed by atoms with Crippen LogP contribution in [0.2, 0.25) is 0 Å². The van der Waals surface area contributed by atoms with Crippen molar-refractivity contribution < 1.29 is 19.0 Å². The van der Waals surface area contributed by atoms with Crippen LogP contribution in [0.3, 0.4) is 0 Å². The second-order valence-corrected chi connectivity index (χ2v) is 9.00. The molecule has 3 aromatic carbocycles. The Morgan fingerprint density at radius 1 is 0.861 bits per heavy atom. The third-order valence-electron chi connectivity index (χ3n) is 6.74. The SMILES string of the molecule is COc1ccc(C(OCCCCNC(=O)[C@@H]2CCCN2)(c2ccccc2)c2ccc(OC)cc2)cc1. The van der Waals surface area contributed by atoms with E-state index in [2.05, 4.69) is 47.0 Å². The lowest BCUT2D eigenvalue weighted by molar-refractivity contribution is -0.122. The Bertz CT molecular complexity index is 1030. The molecule has 0 radical (unpaired) electrons. The van der Waals surface area contributed by atoms with Crippen LogP contribution in [0.1, 0.15) is 42.4 Å². The Kier molecular flexibility index (Phi) is 8.98. The first-order chi connectivity index (χ1) is 17.7. The number of methoxy groups -OCH3 is 2. The van der Waals surface area contributed by atoms with Gasteiger partial charge in [0, 0.05) is 13.2 Å². The van der Waals surface area contributed by atoms with Gasteiger partial charge in [-0.1, -0.05) is 54.6 Å². The van der Waals surface area contributed by atoms with E-state index in [4.69, 9.17) is 14.2 Å². The molecule has 6 heteroatoms. The van der Waals surface area contributed by atoms with Crippen molar-refractivity contribution in [3.05, 3.63) is 95.6 Å². The van der Waals surface area contributed by atoms with E-state index in [1.54, 1.807) is 14.2 Å². The van der Waals surface area contributed by atoms with Crippen LogP contribution in [0.5, 0.6) is 11.5 Å². The highest BCUT2D eigenvalue weighted by atomic mass is 16.5. The highest BCUT2D eigenvalue weighted by molar-refractivity contribution is 5.81. The maximum absolute atomic E-state index is 12.3. The predicted octanol–water partition coefficient (Wildman–Crippen LogP) is 4.66. The van der Waals surface area contributed by atoms with Crippen molar-refractivity contribution in [2.45, 2.75) is 37.3 Å². The molecule has 0 saturated carbocycles. The molecule has 0 bridgehead atoms. The zero-order valence-electron chi connectivity index (χ0n) is 21.2. The summed E-state index contributed by atoms with van der Waals surface area (Å²) in [5, 5.41) is 6.30. The smallest absolute Gasteiger partial charge is 0.237 e. The number of ether oxygens (including phenoxy) is 3. The van der Waals surface area contributed by atoms with Crippen molar-refractivity contribution in [3.8, 4) is 11.5 Å². The molecule has 0 aliphatic carbocycles. The normalized spacial score (nSPS) is 15.4. The first-order valence-corrected chi connectivity index (χ1v) is 12.7. The summed E-state index contributed by atoms with van der Waals surface area (Å²) < 4.78 is 17.7. The van der Waals surface area contributed by atoms with Gasteiger partial charge in [-0.05, 0) is 73.2 Å². The lowest BCUT2D eigenvalue weighted by Gasteiger charge is -2.36. The summed E-state index contributed by atoms with van der Waals surface area (Å²) in [6, 6.07) is 26.3. The highest BCUT2D eigenvalue weighted by Gasteiger charge is 2.37. The summed E-state index contributed by atoms with van der Waals surface area (Å²) in [6.45, 7) is 2.10. The lowest BCUT2D eigenvalue weighted by Crippen LogP contribution is -2.40. The number of benzene rings is 3. The van der Waals surface area contributed by atoms with E-state index in [-0.39, 0.29) is 11.9 Å². The zero-order valence-corrected chi connectivity index (χ0v) is 21.2. The average Bonchev–Trinajstić information content (AvgIpc) is 3.49. The fourth-order valence-electron chi connectivity index (χ4n) is 4.77. The van der Waals surface area contributed by atoms with Gasteiger partial charge in [0.1, 0.15) is 17.1 Å². The quantitative estimate of drug-likeness (QED) is 0.287. The van der Waals surface area contributed by atoms with Crippen LogP contribution in [0, 0.1) is 0 Å². The van der Waals surface area contributed by atoms with Gasteiger partial charge in [-0.2, -0.15) is 0 Å². The molecule has 1 atom stereocenters. The minimum atomic E-state index is -0.809. The maximum atomic E-state index is 12.3. The van der Waals surface area contributed by atoms with Gasteiger partial charge in [-0.3, -0.25) is 4.79 Å². The molecule has 1 heterocycles. The van der Waals surface area contributed by atoms with Gasteiger partial charge < -0.3 is 24.8 Å². The van der Waals surface area contributed by atoms with E-state index in [0.29, 0.717) is 13.2 Å². The number of carbonyl (C=O) groups excluding carboxylic acids is 1. The van der Waals surface area contributed by atoms with E-state index < -0.39 is 5.60 Å². The molecule has 1 aliphatic heterocycles. The molecular weight excluding hydrogens is 452 g/mol. The molecule has 190 valence electrons. The molecule has 1 amide bonds. The zero-order chi connectivity index (χ0) is 25.2. The van der Waals surface area contributed by atoms with Crippen molar-refractivity contribution in [2.24, 2.45) is 0 Å². The molecule has 4 rings (SSSR count). The van der Waals surface area contributed by atoms with Crippen LogP contribution in [-0.2, 0) is 15.1 Å². The van der Waals surface area contributed by atoms with Crippen molar-refractivity contribution >= 4 is 5.91 Å². The van der Waals surface area contributed by atoms with Gasteiger partial charge in [-0.25, -0.2) is 0 Å². The molecular formula is C30H36N2O4. The topological polar surface area (TPSA) is 68.8 Å². The number of hydrogen-bond donors (Lipinski definition) is 2. The van der Waals surface area contributed by atoms with Crippen LogP contribution >= 0.6 is 0 Å². The second-order valence-electron chi connectivity index (χ2n) is 9.00. The van der Waals surface area contributed by atoms with Crippen LogP contribution < -0.4 is 20.1 Å². The number of carbonyl (C=O) groups is 1. The van der Waals surface area contributed by atoms with Crippen molar-refractivity contribution in [1.82, 2.24) is 10.6 Å². The fourth-order valence-corrected chi connectivity index (χ4v) is 4.77. The minimum Gasteiger partial charge on any atom is -0.497 e. The standard InChI is InChI=1S/C30H36N2O4/c1-34-26-16-12-24(13-17-26)30(23-9-4-3-5-10-23,25-14-18-27(35-2)19-15-25)36-22-7-6-20-32-29(33)28-11-8-21-31-28/h3-5,9-10,12-19,28,31H,6-8,11,20-22H2,1-2H3,(H,32,33)/t28-/m0/s1. The highest BCUT2D eigenvalue weighted by Crippen LogP contribution is 2.41. The summed E-state index contributed by atoms with van der Waals surface area (Å²) in [5.41, 5.74) is 2.26. The number of unbranched alkanes of at least 4 members (excludes halogenated alkanes) is 1. The largest absolute Gasteiger partial charge is 0.497 e. The van der Waals surface area contributed by atoms with E-state index >= 15 is 0 Å². The molecule has 1 saturated heterocycles. The monoisotopic (exact) mass is 488 g/mol. The van der Waals surface area contributed by atoms with E-state index in [1.165, 1.54) is 0 Å². The van der Waals surface area contributed by atoms with Gasteiger partial charge in [0.2, 0.25) is 5.91 Å². The summed E-state index contributed by atoms with van der Waals surface area (Å²) in [5.74, 6) is 1.69. The van der Waals surface area contributed by atoms with E-state index in [1.807, 2.05) is 42.5 Å². The molecule has 6 nitrogen and oxygen atoms in total. The molecule has 1 fully saturated rings. The van der Waals surface area contributed by atoms with E-state index in [9.17, 15) is 4.79 Å². The summed E-state index contributed by atoms with van der Waals surface area (Å²) in [4.78, 5) is 12.3. The maximum Gasteiger partial charge on any atom is 0.237 e. The van der Waals surface area contributed by atoms with Crippen LogP contribution in [0.15, 0.2) is 78.9 Å².